The first-order valence-electron chi connectivity index (χ1n) is 6.73. The fourth-order valence-electron chi connectivity index (χ4n) is 3.10. The Balaban J connectivity index is 1.74. The van der Waals surface area contributed by atoms with E-state index >= 15 is 0 Å². The number of rotatable bonds is 3. The second-order valence-electron chi connectivity index (χ2n) is 6.06. The number of β-amino-alcohol motifs (C(OH)–C–C–N with tert-alkyl or cyclic N) is 1. The molecule has 0 aliphatic carbocycles. The molecular weight excluding hydrogens is 200 g/mol. The normalized spacial score (nSPS) is 26.4. The highest BCUT2D eigenvalue weighted by Crippen LogP contribution is 2.21. The second-order valence-corrected chi connectivity index (χ2v) is 6.06. The topological polar surface area (TPSA) is 26.7 Å². The van der Waals surface area contributed by atoms with E-state index in [1.165, 1.54) is 38.8 Å². The molecule has 0 saturated carbocycles. The quantitative estimate of drug-likeness (QED) is 0.786. The lowest BCUT2D eigenvalue weighted by Gasteiger charge is -2.38. The van der Waals surface area contributed by atoms with Crippen molar-refractivity contribution in [3.8, 4) is 0 Å². The third-order valence-electron chi connectivity index (χ3n) is 3.82. The van der Waals surface area contributed by atoms with Crippen LogP contribution in [0.1, 0.15) is 39.5 Å². The summed E-state index contributed by atoms with van der Waals surface area (Å²) in [5.74, 6) is 0. The summed E-state index contributed by atoms with van der Waals surface area (Å²) in [6, 6.07) is 0.820. The average Bonchev–Trinajstić information content (AvgIpc) is 2.69. The van der Waals surface area contributed by atoms with E-state index < -0.39 is 5.60 Å². The van der Waals surface area contributed by atoms with Crippen LogP contribution < -0.4 is 0 Å². The molecule has 2 aliphatic heterocycles. The molecule has 2 fully saturated rings. The van der Waals surface area contributed by atoms with Crippen LogP contribution in [0.5, 0.6) is 0 Å². The number of likely N-dealkylation sites (tertiary alicyclic amines) is 2. The number of hydrogen-bond donors (Lipinski definition) is 1. The van der Waals surface area contributed by atoms with Crippen molar-refractivity contribution < 1.29 is 5.11 Å². The van der Waals surface area contributed by atoms with Gasteiger partial charge in [0.15, 0.2) is 0 Å². The minimum Gasteiger partial charge on any atom is -0.389 e. The molecule has 0 unspecified atom stereocenters. The maximum absolute atomic E-state index is 9.80. The molecular formula is C13H26N2O. The van der Waals surface area contributed by atoms with Gasteiger partial charge < -0.3 is 14.9 Å². The summed E-state index contributed by atoms with van der Waals surface area (Å²) < 4.78 is 0. The average molecular weight is 226 g/mol. The van der Waals surface area contributed by atoms with Crippen LogP contribution in [0, 0.1) is 0 Å². The van der Waals surface area contributed by atoms with Crippen molar-refractivity contribution in [3.05, 3.63) is 0 Å². The van der Waals surface area contributed by atoms with Crippen LogP contribution in [0.15, 0.2) is 0 Å². The van der Waals surface area contributed by atoms with Crippen LogP contribution in [0.3, 0.4) is 0 Å². The Labute approximate surface area is 99.4 Å². The zero-order chi connectivity index (χ0) is 11.6. The van der Waals surface area contributed by atoms with Gasteiger partial charge in [0.2, 0.25) is 0 Å². The van der Waals surface area contributed by atoms with E-state index in [1.54, 1.807) is 0 Å². The summed E-state index contributed by atoms with van der Waals surface area (Å²) in [6.07, 6.45) is 5.36. The summed E-state index contributed by atoms with van der Waals surface area (Å²) >= 11 is 0. The van der Waals surface area contributed by atoms with Crippen LogP contribution in [0.25, 0.3) is 0 Å². The first-order valence-corrected chi connectivity index (χ1v) is 6.73. The largest absolute Gasteiger partial charge is 0.389 e. The van der Waals surface area contributed by atoms with E-state index in [9.17, 15) is 5.11 Å². The molecule has 0 amide bonds. The minimum atomic E-state index is -0.541. The molecule has 0 spiro atoms. The molecule has 0 atom stereocenters. The molecule has 1 N–H and O–H groups in total. The zero-order valence-electron chi connectivity index (χ0n) is 10.8. The van der Waals surface area contributed by atoms with Gasteiger partial charge in [-0.25, -0.2) is 0 Å². The lowest BCUT2D eigenvalue weighted by atomic mass is 10.0. The first-order chi connectivity index (χ1) is 7.54. The molecule has 0 aromatic carbocycles. The molecule has 0 bridgehead atoms. The fourth-order valence-corrected chi connectivity index (χ4v) is 3.10. The third-order valence-corrected chi connectivity index (χ3v) is 3.82. The van der Waals surface area contributed by atoms with Gasteiger partial charge in [-0.05, 0) is 65.7 Å². The van der Waals surface area contributed by atoms with Gasteiger partial charge in [0, 0.05) is 12.6 Å². The molecule has 0 aromatic heterocycles. The van der Waals surface area contributed by atoms with E-state index in [1.807, 2.05) is 13.8 Å². The van der Waals surface area contributed by atoms with Gasteiger partial charge in [-0.2, -0.15) is 0 Å². The van der Waals surface area contributed by atoms with E-state index in [-0.39, 0.29) is 0 Å². The Hall–Kier alpha value is -0.120. The van der Waals surface area contributed by atoms with Crippen LogP contribution in [-0.2, 0) is 0 Å². The third kappa shape index (κ3) is 3.44. The van der Waals surface area contributed by atoms with Crippen molar-refractivity contribution in [1.82, 2.24) is 9.80 Å². The fraction of sp³-hybridized carbons (Fsp3) is 1.00. The number of aliphatic hydroxyl groups is 1. The van der Waals surface area contributed by atoms with E-state index in [0.717, 1.165) is 25.7 Å². The van der Waals surface area contributed by atoms with Crippen LogP contribution in [0.4, 0.5) is 0 Å². The maximum Gasteiger partial charge on any atom is 0.0718 e. The van der Waals surface area contributed by atoms with Crippen LogP contribution in [0.2, 0.25) is 0 Å². The summed E-state index contributed by atoms with van der Waals surface area (Å²) in [7, 11) is 0. The Bertz CT molecular complexity index is 210. The summed E-state index contributed by atoms with van der Waals surface area (Å²) in [5, 5.41) is 9.80. The first kappa shape index (κ1) is 12.3. The maximum atomic E-state index is 9.80. The minimum absolute atomic E-state index is 0.541. The van der Waals surface area contributed by atoms with Gasteiger partial charge in [-0.1, -0.05) is 0 Å². The van der Waals surface area contributed by atoms with E-state index in [0.29, 0.717) is 0 Å². The Kier molecular flexibility index (Phi) is 3.88. The van der Waals surface area contributed by atoms with Gasteiger partial charge in [-0.3, -0.25) is 0 Å². The van der Waals surface area contributed by atoms with E-state index in [4.69, 9.17) is 0 Å². The number of piperidine rings is 1. The molecule has 94 valence electrons. The van der Waals surface area contributed by atoms with Crippen molar-refractivity contribution in [2.45, 2.75) is 51.2 Å². The molecule has 3 heteroatoms. The highest BCUT2D eigenvalue weighted by atomic mass is 16.3. The summed E-state index contributed by atoms with van der Waals surface area (Å²) in [6.45, 7) is 9.57. The molecule has 2 aliphatic rings. The second kappa shape index (κ2) is 5.03. The Morgan fingerprint density at radius 1 is 1.06 bits per heavy atom. The molecule has 16 heavy (non-hydrogen) atoms. The SMILES string of the molecule is CC(C)(O)CN1CCC(N2CCCC2)CC1. The molecule has 2 heterocycles. The molecule has 0 aromatic rings. The molecule has 0 radical (unpaired) electrons. The zero-order valence-corrected chi connectivity index (χ0v) is 10.8. The Morgan fingerprint density at radius 3 is 2.12 bits per heavy atom. The standard InChI is InChI=1S/C13H26N2O/c1-13(2,16)11-14-9-5-12(6-10-14)15-7-3-4-8-15/h12,16H,3-11H2,1-2H3. The molecule has 2 rings (SSSR count). The van der Waals surface area contributed by atoms with Gasteiger partial charge in [0.1, 0.15) is 0 Å². The predicted molar refractivity (Wildman–Crippen MR) is 66.6 cm³/mol. The van der Waals surface area contributed by atoms with Gasteiger partial charge >= 0.3 is 0 Å². The van der Waals surface area contributed by atoms with Crippen molar-refractivity contribution in [3.63, 3.8) is 0 Å². The van der Waals surface area contributed by atoms with Crippen molar-refractivity contribution in [2.75, 3.05) is 32.7 Å². The van der Waals surface area contributed by atoms with E-state index in [2.05, 4.69) is 9.80 Å². The smallest absolute Gasteiger partial charge is 0.0718 e. The van der Waals surface area contributed by atoms with Gasteiger partial charge in [-0.15, -0.1) is 0 Å². The van der Waals surface area contributed by atoms with Crippen LogP contribution >= 0.6 is 0 Å². The monoisotopic (exact) mass is 226 g/mol. The molecule has 2 saturated heterocycles. The van der Waals surface area contributed by atoms with Crippen molar-refractivity contribution >= 4 is 0 Å². The van der Waals surface area contributed by atoms with Crippen molar-refractivity contribution in [2.24, 2.45) is 0 Å². The number of nitrogens with zero attached hydrogens (tertiary/aromatic N) is 2. The van der Waals surface area contributed by atoms with Gasteiger partial charge in [0.05, 0.1) is 5.60 Å². The van der Waals surface area contributed by atoms with Crippen LogP contribution in [-0.4, -0.2) is 59.3 Å². The summed E-state index contributed by atoms with van der Waals surface area (Å²) in [5.41, 5.74) is -0.541. The Morgan fingerprint density at radius 2 is 1.62 bits per heavy atom. The van der Waals surface area contributed by atoms with Gasteiger partial charge in [0.25, 0.3) is 0 Å². The predicted octanol–water partition coefficient (Wildman–Crippen LogP) is 1.32. The highest BCUT2D eigenvalue weighted by molar-refractivity contribution is 4.84. The lowest BCUT2D eigenvalue weighted by molar-refractivity contribution is 0.0194. The van der Waals surface area contributed by atoms with Crippen molar-refractivity contribution in [1.29, 1.82) is 0 Å². The molecule has 3 nitrogen and oxygen atoms in total. The highest BCUT2D eigenvalue weighted by Gasteiger charge is 2.28. The number of hydrogen-bond acceptors (Lipinski definition) is 3. The lowest BCUT2D eigenvalue weighted by Crippen LogP contribution is -2.47. The summed E-state index contributed by atoms with van der Waals surface area (Å²) in [4.78, 5) is 5.08.